The summed E-state index contributed by atoms with van der Waals surface area (Å²) in [5.41, 5.74) is -1.28. The van der Waals surface area contributed by atoms with Crippen molar-refractivity contribution in [1.29, 1.82) is 0 Å². The van der Waals surface area contributed by atoms with Crippen LogP contribution in [0.1, 0.15) is 0 Å². The molecule has 0 aliphatic carbocycles. The van der Waals surface area contributed by atoms with E-state index in [0.29, 0.717) is 11.8 Å². The Hall–Kier alpha value is -0.340. The van der Waals surface area contributed by atoms with Gasteiger partial charge in [0.15, 0.2) is 0 Å². The number of hydrogen-bond donors (Lipinski definition) is 8. The molecule has 0 spiro atoms. The van der Waals surface area contributed by atoms with Gasteiger partial charge in [0.2, 0.25) is 0 Å². The second kappa shape index (κ2) is 9.22. The summed E-state index contributed by atoms with van der Waals surface area (Å²) in [5, 5.41) is 74.3. The van der Waals surface area contributed by atoms with Gasteiger partial charge in [0.25, 0.3) is 0 Å². The van der Waals surface area contributed by atoms with Crippen molar-refractivity contribution < 1.29 is 50.4 Å². The highest BCUT2D eigenvalue weighted by atomic mass is 32.2. The van der Waals surface area contributed by atoms with Crippen molar-refractivity contribution in [2.75, 3.05) is 13.2 Å². The first-order valence-corrected chi connectivity index (χ1v) is 7.79. The first kappa shape index (κ1) is 20.7. The minimum Gasteiger partial charge on any atom is -0.394 e. The Kier molecular flexibility index (Phi) is 8.30. The van der Waals surface area contributed by atoms with E-state index in [4.69, 9.17) is 14.9 Å². The number of carbonyl (C=O) groups excluding carboxylic acids is 1. The molecular weight excluding hydrogens is 336 g/mol. The Balaban J connectivity index is 2.79. The minimum absolute atomic E-state index is 0.240. The van der Waals surface area contributed by atoms with Crippen LogP contribution in [0.25, 0.3) is 0 Å². The molecule has 1 saturated heterocycles. The molecule has 0 bridgehead atoms. The van der Waals surface area contributed by atoms with Crippen LogP contribution < -0.4 is 0 Å². The zero-order valence-corrected chi connectivity index (χ0v) is 12.8. The van der Waals surface area contributed by atoms with Crippen LogP contribution >= 0.6 is 11.8 Å². The molecule has 10 nitrogen and oxygen atoms in total. The van der Waals surface area contributed by atoms with E-state index in [1.807, 2.05) is 0 Å². The van der Waals surface area contributed by atoms with Crippen LogP contribution in [-0.2, 0) is 9.53 Å². The van der Waals surface area contributed by atoms with Gasteiger partial charge in [-0.3, -0.25) is 0 Å². The van der Waals surface area contributed by atoms with Gasteiger partial charge < -0.3 is 50.4 Å². The Bertz CT molecular complexity index is 370. The van der Waals surface area contributed by atoms with Gasteiger partial charge in [-0.05, 0) is 0 Å². The fourth-order valence-electron chi connectivity index (χ4n) is 2.06. The van der Waals surface area contributed by atoms with Crippen molar-refractivity contribution >= 4 is 18.0 Å². The molecule has 0 radical (unpaired) electrons. The van der Waals surface area contributed by atoms with E-state index in [9.17, 15) is 35.4 Å². The number of aliphatic hydroxyl groups excluding tert-OH is 8. The summed E-state index contributed by atoms with van der Waals surface area (Å²) in [6.45, 7) is -1.49. The molecule has 1 aliphatic rings. The van der Waals surface area contributed by atoms with E-state index < -0.39 is 66.6 Å². The van der Waals surface area contributed by atoms with Gasteiger partial charge in [0, 0.05) is 0 Å². The third-order valence-corrected chi connectivity index (χ3v) is 4.90. The quantitative estimate of drug-likeness (QED) is 0.194. The van der Waals surface area contributed by atoms with E-state index in [-0.39, 0.29) is 6.29 Å². The average molecular weight is 358 g/mol. The first-order chi connectivity index (χ1) is 10.8. The molecule has 0 amide bonds. The number of aliphatic hydroxyl groups is 8. The Morgan fingerprint density at radius 2 is 1.61 bits per heavy atom. The number of hydrogen-bond acceptors (Lipinski definition) is 11. The first-order valence-electron chi connectivity index (χ1n) is 6.84. The van der Waals surface area contributed by atoms with Crippen LogP contribution in [0.15, 0.2) is 0 Å². The average Bonchev–Trinajstić information content (AvgIpc) is 2.57. The SMILES string of the molecule is O=C[C@H](S[C@@H]1O[C@H](CO)[C@@H](O)[C@H](O)[C@H]1O)[C@@H](O)[C@H](O)[C@H](O)CO. The maximum absolute atomic E-state index is 11.1. The summed E-state index contributed by atoms with van der Waals surface area (Å²) in [7, 11) is 0. The molecule has 9 atom stereocenters. The maximum atomic E-state index is 11.1. The molecule has 8 N–H and O–H groups in total. The van der Waals surface area contributed by atoms with Gasteiger partial charge in [-0.15, -0.1) is 11.8 Å². The predicted octanol–water partition coefficient (Wildman–Crippen LogP) is -4.84. The molecule has 11 heteroatoms. The van der Waals surface area contributed by atoms with Gasteiger partial charge in [-0.2, -0.15) is 0 Å². The molecule has 1 heterocycles. The molecular formula is C12H22O10S. The van der Waals surface area contributed by atoms with Crippen LogP contribution in [0.3, 0.4) is 0 Å². The van der Waals surface area contributed by atoms with E-state index in [1.165, 1.54) is 0 Å². The normalized spacial score (nSPS) is 37.0. The molecule has 1 rings (SSSR count). The van der Waals surface area contributed by atoms with Gasteiger partial charge in [0.05, 0.1) is 18.5 Å². The Morgan fingerprint density at radius 1 is 1.00 bits per heavy atom. The summed E-state index contributed by atoms with van der Waals surface area (Å²) in [6, 6.07) is 0. The molecule has 23 heavy (non-hydrogen) atoms. The van der Waals surface area contributed by atoms with Crippen LogP contribution in [0.2, 0.25) is 0 Å². The fourth-order valence-corrected chi connectivity index (χ4v) is 3.28. The Morgan fingerprint density at radius 3 is 2.09 bits per heavy atom. The molecule has 0 aromatic heterocycles. The van der Waals surface area contributed by atoms with Crippen LogP contribution in [0.5, 0.6) is 0 Å². The number of aldehydes is 1. The highest BCUT2D eigenvalue weighted by Crippen LogP contribution is 2.32. The largest absolute Gasteiger partial charge is 0.394 e. The Labute approximate surface area is 135 Å². The van der Waals surface area contributed by atoms with E-state index >= 15 is 0 Å². The minimum atomic E-state index is -1.83. The van der Waals surface area contributed by atoms with Crippen molar-refractivity contribution in [2.45, 2.75) is 53.4 Å². The lowest BCUT2D eigenvalue weighted by Gasteiger charge is -2.40. The smallest absolute Gasteiger partial charge is 0.135 e. The van der Waals surface area contributed by atoms with E-state index in [0.717, 1.165) is 0 Å². The molecule has 0 saturated carbocycles. The van der Waals surface area contributed by atoms with Gasteiger partial charge in [-0.25, -0.2) is 0 Å². The molecule has 136 valence electrons. The lowest BCUT2D eigenvalue weighted by Crippen LogP contribution is -2.58. The monoisotopic (exact) mass is 358 g/mol. The zero-order valence-electron chi connectivity index (χ0n) is 12.0. The molecule has 0 aromatic rings. The van der Waals surface area contributed by atoms with Crippen LogP contribution in [0.4, 0.5) is 0 Å². The lowest BCUT2D eigenvalue weighted by atomic mass is 10.0. The van der Waals surface area contributed by atoms with Crippen LogP contribution in [0, 0.1) is 0 Å². The molecule has 1 aliphatic heterocycles. The summed E-state index contributed by atoms with van der Waals surface area (Å²) in [4.78, 5) is 11.1. The number of ether oxygens (including phenoxy) is 1. The van der Waals surface area contributed by atoms with Gasteiger partial charge in [-0.1, -0.05) is 0 Å². The lowest BCUT2D eigenvalue weighted by molar-refractivity contribution is -0.205. The second-order valence-electron chi connectivity index (χ2n) is 5.17. The maximum Gasteiger partial charge on any atom is 0.135 e. The zero-order chi connectivity index (χ0) is 17.7. The summed E-state index contributed by atoms with van der Waals surface area (Å²) in [6.07, 6.45) is -11.0. The number of carbonyl (C=O) groups is 1. The van der Waals surface area contributed by atoms with Crippen molar-refractivity contribution in [3.8, 4) is 0 Å². The van der Waals surface area contributed by atoms with Gasteiger partial charge in [0.1, 0.15) is 54.4 Å². The summed E-state index contributed by atoms with van der Waals surface area (Å²) in [5.74, 6) is 0. The number of thioether (sulfide) groups is 1. The highest BCUT2D eigenvalue weighted by molar-refractivity contribution is 8.01. The topological polar surface area (TPSA) is 188 Å². The summed E-state index contributed by atoms with van der Waals surface area (Å²) >= 11 is 0.538. The van der Waals surface area contributed by atoms with Gasteiger partial charge >= 0.3 is 0 Å². The fraction of sp³-hybridized carbons (Fsp3) is 0.917. The predicted molar refractivity (Wildman–Crippen MR) is 76.3 cm³/mol. The third kappa shape index (κ3) is 4.82. The van der Waals surface area contributed by atoms with E-state index in [2.05, 4.69) is 0 Å². The van der Waals surface area contributed by atoms with Crippen molar-refractivity contribution in [1.82, 2.24) is 0 Å². The van der Waals surface area contributed by atoms with Crippen LogP contribution in [-0.4, -0.2) is 114 Å². The molecule has 1 fully saturated rings. The number of rotatable bonds is 8. The van der Waals surface area contributed by atoms with Crippen molar-refractivity contribution in [2.24, 2.45) is 0 Å². The van der Waals surface area contributed by atoms with Crippen molar-refractivity contribution in [3.05, 3.63) is 0 Å². The van der Waals surface area contributed by atoms with Crippen molar-refractivity contribution in [3.63, 3.8) is 0 Å². The van der Waals surface area contributed by atoms with E-state index in [1.54, 1.807) is 0 Å². The third-order valence-electron chi connectivity index (χ3n) is 3.54. The molecule has 0 aromatic carbocycles. The highest BCUT2D eigenvalue weighted by Gasteiger charge is 2.45. The molecule has 0 unspecified atom stereocenters. The second-order valence-corrected chi connectivity index (χ2v) is 6.45. The summed E-state index contributed by atoms with van der Waals surface area (Å²) < 4.78 is 5.17. The standard InChI is InChI=1S/C12H22O10S/c13-1-4(16)7(17)9(19)6(3-15)23-12-11(21)10(20)8(18)5(2-14)22-12/h3-14,16-21H,1-2H2/t4-,5-,6+,7-,8-,9-,10+,11-,12+/m1/s1.